The van der Waals surface area contributed by atoms with Crippen LogP contribution in [0.4, 0.5) is 10.1 Å². The van der Waals surface area contributed by atoms with Gasteiger partial charge in [-0.15, -0.1) is 11.3 Å². The molecule has 1 N–H and O–H groups in total. The Hall–Kier alpha value is -2.77. The number of rotatable bonds is 6. The lowest BCUT2D eigenvalue weighted by atomic mass is 10.1. The van der Waals surface area contributed by atoms with Crippen molar-refractivity contribution in [3.63, 3.8) is 0 Å². The summed E-state index contributed by atoms with van der Waals surface area (Å²) in [6.45, 7) is 6.30. The number of carbonyl (C=O) groups is 1. The van der Waals surface area contributed by atoms with Crippen LogP contribution in [0.1, 0.15) is 34.0 Å². The standard InChI is InChI=1S/C23H25FN4OS/c1-17(18-5-3-2-4-6-18)25-23(29)21-16-30-22(26-21)15-27-11-13-28(14-12-27)20-9-7-19(24)8-10-20/h2-10,16-17H,11-15H2,1H3,(H,25,29)/t17-/m1/s1. The molecule has 0 radical (unpaired) electrons. The molecule has 1 aromatic heterocycles. The van der Waals surface area contributed by atoms with Gasteiger partial charge in [0.2, 0.25) is 0 Å². The number of amides is 1. The van der Waals surface area contributed by atoms with Gasteiger partial charge < -0.3 is 10.2 Å². The van der Waals surface area contributed by atoms with E-state index in [0.29, 0.717) is 5.69 Å². The molecule has 1 saturated heterocycles. The molecule has 156 valence electrons. The number of halogens is 1. The molecule has 0 spiro atoms. The Morgan fingerprint density at radius 3 is 2.50 bits per heavy atom. The molecule has 5 nitrogen and oxygen atoms in total. The zero-order valence-corrected chi connectivity index (χ0v) is 17.7. The maximum atomic E-state index is 13.1. The zero-order chi connectivity index (χ0) is 20.9. The number of nitrogens with zero attached hydrogens (tertiary/aromatic N) is 3. The van der Waals surface area contributed by atoms with Gasteiger partial charge in [0.15, 0.2) is 0 Å². The molecule has 2 heterocycles. The zero-order valence-electron chi connectivity index (χ0n) is 16.9. The second-order valence-electron chi connectivity index (χ2n) is 7.47. The summed E-state index contributed by atoms with van der Waals surface area (Å²) in [5.74, 6) is -0.353. The highest BCUT2D eigenvalue weighted by Crippen LogP contribution is 2.19. The average molecular weight is 425 g/mol. The summed E-state index contributed by atoms with van der Waals surface area (Å²) in [5, 5.41) is 5.79. The number of thiazole rings is 1. The second-order valence-corrected chi connectivity index (χ2v) is 8.41. The average Bonchev–Trinajstić information content (AvgIpc) is 3.24. The summed E-state index contributed by atoms with van der Waals surface area (Å²) >= 11 is 1.52. The minimum atomic E-state index is -0.209. The SMILES string of the molecule is C[C@@H](NC(=O)c1csc(CN2CCN(c3ccc(F)cc3)CC2)n1)c1ccccc1. The van der Waals surface area contributed by atoms with Gasteiger partial charge in [-0.1, -0.05) is 30.3 Å². The van der Waals surface area contributed by atoms with E-state index in [0.717, 1.165) is 49.0 Å². The minimum Gasteiger partial charge on any atom is -0.369 e. The van der Waals surface area contributed by atoms with Crippen molar-refractivity contribution < 1.29 is 9.18 Å². The van der Waals surface area contributed by atoms with Crippen molar-refractivity contribution in [1.82, 2.24) is 15.2 Å². The molecule has 4 rings (SSSR count). The molecule has 0 unspecified atom stereocenters. The van der Waals surface area contributed by atoms with Gasteiger partial charge in [0.05, 0.1) is 12.6 Å². The molecule has 0 aliphatic carbocycles. The molecule has 1 aliphatic rings. The van der Waals surface area contributed by atoms with Gasteiger partial charge in [0, 0.05) is 37.2 Å². The Kier molecular flexibility index (Phi) is 6.40. The molecular formula is C23H25FN4OS. The number of hydrogen-bond donors (Lipinski definition) is 1. The fraction of sp³-hybridized carbons (Fsp3) is 0.304. The van der Waals surface area contributed by atoms with Crippen molar-refractivity contribution >= 4 is 22.9 Å². The normalized spacial score (nSPS) is 15.7. The summed E-state index contributed by atoms with van der Waals surface area (Å²) in [5.41, 5.74) is 2.60. The Labute approximate surface area is 180 Å². The van der Waals surface area contributed by atoms with Gasteiger partial charge in [-0.2, -0.15) is 0 Å². The van der Waals surface area contributed by atoms with Gasteiger partial charge in [-0.05, 0) is 36.8 Å². The van der Waals surface area contributed by atoms with E-state index in [4.69, 9.17) is 0 Å². The van der Waals surface area contributed by atoms with Crippen LogP contribution in [-0.2, 0) is 6.54 Å². The van der Waals surface area contributed by atoms with E-state index < -0.39 is 0 Å². The number of hydrogen-bond acceptors (Lipinski definition) is 5. The van der Waals surface area contributed by atoms with Gasteiger partial charge in [0.25, 0.3) is 5.91 Å². The molecule has 2 aromatic carbocycles. The Balaban J connectivity index is 1.28. The van der Waals surface area contributed by atoms with Crippen molar-refractivity contribution in [1.29, 1.82) is 0 Å². The minimum absolute atomic E-state index is 0.0663. The van der Waals surface area contributed by atoms with Crippen LogP contribution in [0.5, 0.6) is 0 Å². The quantitative estimate of drug-likeness (QED) is 0.647. The number of aromatic nitrogens is 1. The summed E-state index contributed by atoms with van der Waals surface area (Å²) in [4.78, 5) is 21.7. The molecule has 7 heteroatoms. The van der Waals surface area contributed by atoms with Crippen LogP contribution in [0.2, 0.25) is 0 Å². The van der Waals surface area contributed by atoms with Crippen molar-refractivity contribution in [3.05, 3.63) is 82.1 Å². The fourth-order valence-electron chi connectivity index (χ4n) is 3.59. The molecule has 1 aliphatic heterocycles. The highest BCUT2D eigenvalue weighted by molar-refractivity contribution is 7.09. The monoisotopic (exact) mass is 424 g/mol. The van der Waals surface area contributed by atoms with Crippen molar-refractivity contribution in [2.75, 3.05) is 31.1 Å². The van der Waals surface area contributed by atoms with Gasteiger partial charge in [-0.3, -0.25) is 9.69 Å². The molecule has 1 atom stereocenters. The van der Waals surface area contributed by atoms with Crippen LogP contribution in [0, 0.1) is 5.82 Å². The maximum Gasteiger partial charge on any atom is 0.271 e. The third-order valence-corrected chi connectivity index (χ3v) is 6.19. The third-order valence-electron chi connectivity index (χ3n) is 5.35. The van der Waals surface area contributed by atoms with Crippen molar-refractivity contribution in [2.24, 2.45) is 0 Å². The van der Waals surface area contributed by atoms with Crippen LogP contribution in [-0.4, -0.2) is 42.0 Å². The molecule has 30 heavy (non-hydrogen) atoms. The first-order valence-electron chi connectivity index (χ1n) is 10.1. The predicted molar refractivity (Wildman–Crippen MR) is 118 cm³/mol. The summed E-state index contributed by atoms with van der Waals surface area (Å²) in [7, 11) is 0. The van der Waals surface area contributed by atoms with E-state index in [1.807, 2.05) is 54.8 Å². The van der Waals surface area contributed by atoms with Gasteiger partial charge in [0.1, 0.15) is 16.5 Å². The Morgan fingerprint density at radius 1 is 1.10 bits per heavy atom. The largest absolute Gasteiger partial charge is 0.369 e. The Bertz CT molecular complexity index is 968. The van der Waals surface area contributed by atoms with Gasteiger partial charge in [-0.25, -0.2) is 9.37 Å². The van der Waals surface area contributed by atoms with E-state index >= 15 is 0 Å². The number of nitrogens with one attached hydrogen (secondary N) is 1. The van der Waals surface area contributed by atoms with Gasteiger partial charge >= 0.3 is 0 Å². The summed E-state index contributed by atoms with van der Waals surface area (Å²) in [6, 6.07) is 16.5. The van der Waals surface area contributed by atoms with E-state index in [2.05, 4.69) is 20.1 Å². The molecule has 0 saturated carbocycles. The smallest absolute Gasteiger partial charge is 0.271 e. The number of piperazine rings is 1. The van der Waals surface area contributed by atoms with Crippen LogP contribution < -0.4 is 10.2 Å². The first-order chi connectivity index (χ1) is 14.6. The molecule has 1 amide bonds. The van der Waals surface area contributed by atoms with E-state index in [1.165, 1.54) is 23.5 Å². The molecule has 0 bridgehead atoms. The molecule has 3 aromatic rings. The van der Waals surface area contributed by atoms with Crippen molar-refractivity contribution in [2.45, 2.75) is 19.5 Å². The molecular weight excluding hydrogens is 399 g/mol. The third kappa shape index (κ3) is 5.04. The number of anilines is 1. The number of benzene rings is 2. The predicted octanol–water partition coefficient (Wildman–Crippen LogP) is 4.10. The van der Waals surface area contributed by atoms with Crippen LogP contribution in [0.3, 0.4) is 0 Å². The van der Waals surface area contributed by atoms with E-state index in [-0.39, 0.29) is 17.8 Å². The number of carbonyl (C=O) groups excluding carboxylic acids is 1. The first kappa shape index (κ1) is 20.5. The van der Waals surface area contributed by atoms with Crippen LogP contribution in [0.15, 0.2) is 60.0 Å². The molecule has 1 fully saturated rings. The summed E-state index contributed by atoms with van der Waals surface area (Å²) in [6.07, 6.45) is 0. The van der Waals surface area contributed by atoms with E-state index in [1.54, 1.807) is 0 Å². The fourth-order valence-corrected chi connectivity index (χ4v) is 4.41. The van der Waals surface area contributed by atoms with E-state index in [9.17, 15) is 9.18 Å². The van der Waals surface area contributed by atoms with Crippen LogP contribution >= 0.6 is 11.3 Å². The Morgan fingerprint density at radius 2 is 1.80 bits per heavy atom. The van der Waals surface area contributed by atoms with Crippen LogP contribution in [0.25, 0.3) is 0 Å². The highest BCUT2D eigenvalue weighted by atomic mass is 32.1. The first-order valence-corrected chi connectivity index (χ1v) is 11.0. The van der Waals surface area contributed by atoms with Crippen molar-refractivity contribution in [3.8, 4) is 0 Å². The topological polar surface area (TPSA) is 48.5 Å². The lowest BCUT2D eigenvalue weighted by molar-refractivity contribution is 0.0935. The maximum absolute atomic E-state index is 13.1. The lowest BCUT2D eigenvalue weighted by Crippen LogP contribution is -2.45. The lowest BCUT2D eigenvalue weighted by Gasteiger charge is -2.35. The summed E-state index contributed by atoms with van der Waals surface area (Å²) < 4.78 is 13.1. The highest BCUT2D eigenvalue weighted by Gasteiger charge is 2.20. The second kappa shape index (κ2) is 9.36.